The normalized spacial score (nSPS) is 12.7. The summed E-state index contributed by atoms with van der Waals surface area (Å²) in [5, 5.41) is 2.88. The van der Waals surface area contributed by atoms with Gasteiger partial charge in [-0.15, -0.1) is 0 Å². The molecule has 90 valence electrons. The van der Waals surface area contributed by atoms with Crippen LogP contribution in [0.2, 0.25) is 0 Å². The number of aromatic nitrogens is 2. The van der Waals surface area contributed by atoms with Gasteiger partial charge < -0.3 is 9.88 Å². The molecule has 2 rings (SSSR count). The molecule has 0 aliphatic rings. The van der Waals surface area contributed by atoms with Crippen LogP contribution in [-0.2, 0) is 7.05 Å². The van der Waals surface area contributed by atoms with Crippen LogP contribution in [0.4, 0.5) is 8.78 Å². The Balaban J connectivity index is 2.53. The van der Waals surface area contributed by atoms with Gasteiger partial charge in [0.1, 0.15) is 17.5 Å². The maximum atomic E-state index is 13.7. The van der Waals surface area contributed by atoms with E-state index in [1.54, 1.807) is 31.1 Å². The quantitative estimate of drug-likeness (QED) is 0.885. The van der Waals surface area contributed by atoms with Crippen molar-refractivity contribution in [1.29, 1.82) is 0 Å². The average Bonchev–Trinajstić information content (AvgIpc) is 2.70. The second-order valence-corrected chi connectivity index (χ2v) is 3.75. The van der Waals surface area contributed by atoms with E-state index in [-0.39, 0.29) is 5.56 Å². The summed E-state index contributed by atoms with van der Waals surface area (Å²) in [5.74, 6) is -0.587. The minimum Gasteiger partial charge on any atom is -0.336 e. The smallest absolute Gasteiger partial charge is 0.131 e. The van der Waals surface area contributed by atoms with E-state index in [4.69, 9.17) is 0 Å². The predicted octanol–water partition coefficient (Wildman–Crippen LogP) is 2.01. The van der Waals surface area contributed by atoms with E-state index < -0.39 is 17.7 Å². The van der Waals surface area contributed by atoms with Crippen molar-refractivity contribution >= 4 is 0 Å². The second-order valence-electron chi connectivity index (χ2n) is 3.75. The molecule has 1 atom stereocenters. The number of rotatable bonds is 3. The van der Waals surface area contributed by atoms with Crippen LogP contribution in [0.5, 0.6) is 0 Å². The van der Waals surface area contributed by atoms with E-state index in [9.17, 15) is 8.78 Å². The molecule has 0 spiro atoms. The molecule has 1 N–H and O–H groups in total. The van der Waals surface area contributed by atoms with Gasteiger partial charge in [0.15, 0.2) is 0 Å². The van der Waals surface area contributed by atoms with Gasteiger partial charge in [0, 0.05) is 25.0 Å². The highest BCUT2D eigenvalue weighted by Crippen LogP contribution is 2.25. The van der Waals surface area contributed by atoms with Crippen LogP contribution in [0.15, 0.2) is 30.6 Å². The third-order valence-corrected chi connectivity index (χ3v) is 2.69. The van der Waals surface area contributed by atoms with Crippen molar-refractivity contribution in [3.8, 4) is 0 Å². The fourth-order valence-electron chi connectivity index (χ4n) is 1.84. The molecule has 0 aliphatic carbocycles. The van der Waals surface area contributed by atoms with Crippen molar-refractivity contribution < 1.29 is 8.78 Å². The summed E-state index contributed by atoms with van der Waals surface area (Å²) in [7, 11) is 3.43. The molecule has 0 saturated carbocycles. The molecule has 0 saturated heterocycles. The van der Waals surface area contributed by atoms with E-state index in [0.717, 1.165) is 0 Å². The summed E-state index contributed by atoms with van der Waals surface area (Å²) in [6.07, 6.45) is 3.33. The fourth-order valence-corrected chi connectivity index (χ4v) is 1.84. The van der Waals surface area contributed by atoms with Crippen molar-refractivity contribution in [1.82, 2.24) is 14.9 Å². The average molecular weight is 237 g/mol. The summed E-state index contributed by atoms with van der Waals surface area (Å²) in [4.78, 5) is 4.11. The topological polar surface area (TPSA) is 29.9 Å². The Morgan fingerprint density at radius 2 is 1.94 bits per heavy atom. The Morgan fingerprint density at radius 3 is 2.41 bits per heavy atom. The summed E-state index contributed by atoms with van der Waals surface area (Å²) in [5.41, 5.74) is -0.00991. The van der Waals surface area contributed by atoms with E-state index in [1.165, 1.54) is 18.2 Å². The summed E-state index contributed by atoms with van der Waals surface area (Å²) in [6, 6.07) is 3.23. The van der Waals surface area contributed by atoms with Crippen LogP contribution in [-0.4, -0.2) is 16.6 Å². The highest BCUT2D eigenvalue weighted by atomic mass is 19.1. The summed E-state index contributed by atoms with van der Waals surface area (Å²) < 4.78 is 29.1. The van der Waals surface area contributed by atoms with Crippen LogP contribution in [0.25, 0.3) is 0 Å². The number of nitrogens with zero attached hydrogens (tertiary/aromatic N) is 2. The van der Waals surface area contributed by atoms with Crippen molar-refractivity contribution in [2.45, 2.75) is 6.04 Å². The first kappa shape index (κ1) is 11.7. The molecule has 1 unspecified atom stereocenters. The van der Waals surface area contributed by atoms with Crippen LogP contribution in [0.1, 0.15) is 17.4 Å². The molecular formula is C12H13F2N3. The Hall–Kier alpha value is -1.75. The first-order valence-electron chi connectivity index (χ1n) is 5.23. The number of hydrogen-bond acceptors (Lipinski definition) is 2. The van der Waals surface area contributed by atoms with Crippen LogP contribution in [0, 0.1) is 11.6 Å². The number of benzene rings is 1. The lowest BCUT2D eigenvalue weighted by Gasteiger charge is -2.17. The summed E-state index contributed by atoms with van der Waals surface area (Å²) in [6.45, 7) is 0. The highest BCUT2D eigenvalue weighted by molar-refractivity contribution is 5.28. The third kappa shape index (κ3) is 2.06. The lowest BCUT2D eigenvalue weighted by molar-refractivity contribution is 0.506. The van der Waals surface area contributed by atoms with Crippen molar-refractivity contribution in [2.24, 2.45) is 7.05 Å². The third-order valence-electron chi connectivity index (χ3n) is 2.69. The van der Waals surface area contributed by atoms with Crippen molar-refractivity contribution in [2.75, 3.05) is 7.05 Å². The monoisotopic (exact) mass is 237 g/mol. The predicted molar refractivity (Wildman–Crippen MR) is 60.5 cm³/mol. The minimum atomic E-state index is -0.601. The standard InChI is InChI=1S/C12H13F2N3/c1-15-11(12-16-6-7-17(12)2)10-8(13)4-3-5-9(10)14/h3-7,11,15H,1-2H3. The molecular weight excluding hydrogens is 224 g/mol. The first-order valence-corrected chi connectivity index (χ1v) is 5.23. The van der Waals surface area contributed by atoms with E-state index in [0.29, 0.717) is 5.82 Å². The maximum Gasteiger partial charge on any atom is 0.131 e. The molecule has 0 amide bonds. The minimum absolute atomic E-state index is 0.00991. The second kappa shape index (κ2) is 4.63. The van der Waals surface area contributed by atoms with Gasteiger partial charge in [0.2, 0.25) is 0 Å². The van der Waals surface area contributed by atoms with Gasteiger partial charge in [-0.1, -0.05) is 6.07 Å². The largest absolute Gasteiger partial charge is 0.336 e. The lowest BCUT2D eigenvalue weighted by atomic mass is 10.0. The Labute approximate surface area is 98.1 Å². The molecule has 1 heterocycles. The van der Waals surface area contributed by atoms with E-state index in [1.807, 2.05) is 0 Å². The van der Waals surface area contributed by atoms with Gasteiger partial charge >= 0.3 is 0 Å². The number of hydrogen-bond donors (Lipinski definition) is 1. The Bertz CT molecular complexity index is 502. The molecule has 17 heavy (non-hydrogen) atoms. The van der Waals surface area contributed by atoms with Gasteiger partial charge in [0.25, 0.3) is 0 Å². The molecule has 1 aromatic carbocycles. The highest BCUT2D eigenvalue weighted by Gasteiger charge is 2.23. The molecule has 0 radical (unpaired) electrons. The van der Waals surface area contributed by atoms with E-state index in [2.05, 4.69) is 10.3 Å². The zero-order valence-electron chi connectivity index (χ0n) is 9.61. The maximum absolute atomic E-state index is 13.7. The SMILES string of the molecule is CNC(c1c(F)cccc1F)c1nccn1C. The van der Waals surface area contributed by atoms with Crippen molar-refractivity contribution in [3.05, 3.63) is 53.6 Å². The Kier molecular flexibility index (Phi) is 3.19. The van der Waals surface area contributed by atoms with Crippen LogP contribution in [0.3, 0.4) is 0 Å². The van der Waals surface area contributed by atoms with Crippen molar-refractivity contribution in [3.63, 3.8) is 0 Å². The molecule has 3 nitrogen and oxygen atoms in total. The number of aryl methyl sites for hydroxylation is 1. The van der Waals surface area contributed by atoms with Gasteiger partial charge in [-0.05, 0) is 19.2 Å². The fraction of sp³-hybridized carbons (Fsp3) is 0.250. The number of imidazole rings is 1. The van der Waals surface area contributed by atoms with Gasteiger partial charge in [-0.25, -0.2) is 13.8 Å². The van der Waals surface area contributed by atoms with Crippen LogP contribution >= 0.6 is 0 Å². The summed E-state index contributed by atoms with van der Waals surface area (Å²) >= 11 is 0. The first-order chi connectivity index (χ1) is 8.15. The van der Waals surface area contributed by atoms with Gasteiger partial charge in [-0.3, -0.25) is 0 Å². The molecule has 0 aliphatic heterocycles. The molecule has 0 fully saturated rings. The van der Waals surface area contributed by atoms with Gasteiger partial charge in [0.05, 0.1) is 6.04 Å². The number of nitrogens with one attached hydrogen (secondary N) is 1. The molecule has 1 aromatic heterocycles. The zero-order valence-corrected chi connectivity index (χ0v) is 9.61. The molecule has 0 bridgehead atoms. The zero-order chi connectivity index (χ0) is 12.4. The van der Waals surface area contributed by atoms with E-state index >= 15 is 0 Å². The molecule has 2 aromatic rings. The van der Waals surface area contributed by atoms with Gasteiger partial charge in [-0.2, -0.15) is 0 Å². The lowest BCUT2D eigenvalue weighted by Crippen LogP contribution is -2.23. The Morgan fingerprint density at radius 1 is 1.29 bits per heavy atom. The number of halogens is 2. The molecule has 5 heteroatoms. The van der Waals surface area contributed by atoms with Crippen LogP contribution < -0.4 is 5.32 Å².